The van der Waals surface area contributed by atoms with Gasteiger partial charge in [0.2, 0.25) is 0 Å². The number of rotatable bonds is 3. The first-order chi connectivity index (χ1) is 6.76. The highest BCUT2D eigenvalue weighted by molar-refractivity contribution is 4.99. The SMILES string of the molecule is CC1(N2CCC(NC3CC3)C2)CCC1. The van der Waals surface area contributed by atoms with E-state index in [2.05, 4.69) is 17.1 Å². The van der Waals surface area contributed by atoms with Gasteiger partial charge in [0.1, 0.15) is 0 Å². The van der Waals surface area contributed by atoms with Gasteiger partial charge in [-0.05, 0) is 45.4 Å². The maximum Gasteiger partial charge on any atom is 0.0209 e. The molecule has 2 saturated carbocycles. The van der Waals surface area contributed by atoms with Gasteiger partial charge in [0.25, 0.3) is 0 Å². The molecule has 3 rings (SSSR count). The van der Waals surface area contributed by atoms with E-state index in [0.717, 1.165) is 12.1 Å². The van der Waals surface area contributed by atoms with Crippen molar-refractivity contribution in [3.8, 4) is 0 Å². The van der Waals surface area contributed by atoms with Crippen LogP contribution in [0.3, 0.4) is 0 Å². The molecule has 3 aliphatic rings. The molecule has 1 saturated heterocycles. The van der Waals surface area contributed by atoms with Crippen LogP contribution < -0.4 is 5.32 Å². The molecule has 1 atom stereocenters. The Balaban J connectivity index is 1.52. The zero-order valence-corrected chi connectivity index (χ0v) is 9.26. The maximum atomic E-state index is 3.76. The van der Waals surface area contributed by atoms with Gasteiger partial charge >= 0.3 is 0 Å². The third kappa shape index (κ3) is 1.59. The van der Waals surface area contributed by atoms with Crippen molar-refractivity contribution in [2.45, 2.75) is 63.1 Å². The van der Waals surface area contributed by atoms with Gasteiger partial charge in [0.05, 0.1) is 0 Å². The Kier molecular flexibility index (Phi) is 2.10. The summed E-state index contributed by atoms with van der Waals surface area (Å²) in [5, 5.41) is 3.76. The summed E-state index contributed by atoms with van der Waals surface area (Å²) >= 11 is 0. The zero-order valence-electron chi connectivity index (χ0n) is 9.26. The molecule has 2 heteroatoms. The topological polar surface area (TPSA) is 15.3 Å². The summed E-state index contributed by atoms with van der Waals surface area (Å²) in [4.78, 5) is 2.73. The second-order valence-corrected chi connectivity index (χ2v) is 5.72. The number of likely N-dealkylation sites (tertiary alicyclic amines) is 1. The van der Waals surface area contributed by atoms with Crippen LogP contribution in [0.25, 0.3) is 0 Å². The second-order valence-electron chi connectivity index (χ2n) is 5.72. The maximum absolute atomic E-state index is 3.76. The monoisotopic (exact) mass is 194 g/mol. The van der Waals surface area contributed by atoms with Crippen LogP contribution in [-0.2, 0) is 0 Å². The Morgan fingerprint density at radius 3 is 2.50 bits per heavy atom. The summed E-state index contributed by atoms with van der Waals surface area (Å²) in [7, 11) is 0. The van der Waals surface area contributed by atoms with E-state index in [-0.39, 0.29) is 0 Å². The van der Waals surface area contributed by atoms with Gasteiger partial charge in [-0.15, -0.1) is 0 Å². The lowest BCUT2D eigenvalue weighted by Crippen LogP contribution is -2.51. The fourth-order valence-corrected chi connectivity index (χ4v) is 2.97. The minimum atomic E-state index is 0.583. The molecule has 0 bridgehead atoms. The Hall–Kier alpha value is -0.0800. The molecule has 1 N–H and O–H groups in total. The summed E-state index contributed by atoms with van der Waals surface area (Å²) in [6, 6.07) is 1.69. The fourth-order valence-electron chi connectivity index (χ4n) is 2.97. The first kappa shape index (κ1) is 9.17. The van der Waals surface area contributed by atoms with Crippen LogP contribution in [0.1, 0.15) is 45.4 Å². The molecule has 1 heterocycles. The van der Waals surface area contributed by atoms with Crippen molar-refractivity contribution in [2.75, 3.05) is 13.1 Å². The predicted octanol–water partition coefficient (Wildman–Crippen LogP) is 1.76. The van der Waals surface area contributed by atoms with Gasteiger partial charge in [-0.25, -0.2) is 0 Å². The lowest BCUT2D eigenvalue weighted by Gasteiger charge is -2.46. The smallest absolute Gasteiger partial charge is 0.0209 e. The van der Waals surface area contributed by atoms with E-state index in [1.165, 1.54) is 51.6 Å². The summed E-state index contributed by atoms with van der Waals surface area (Å²) in [6.45, 7) is 5.10. The zero-order chi connectivity index (χ0) is 9.60. The summed E-state index contributed by atoms with van der Waals surface area (Å²) < 4.78 is 0. The molecule has 0 spiro atoms. The van der Waals surface area contributed by atoms with Crippen LogP contribution in [0.4, 0.5) is 0 Å². The van der Waals surface area contributed by atoms with E-state index in [9.17, 15) is 0 Å². The van der Waals surface area contributed by atoms with Crippen LogP contribution in [0, 0.1) is 0 Å². The van der Waals surface area contributed by atoms with Crippen LogP contribution in [-0.4, -0.2) is 35.6 Å². The second kappa shape index (κ2) is 3.21. The van der Waals surface area contributed by atoms with E-state index in [0.29, 0.717) is 5.54 Å². The van der Waals surface area contributed by atoms with E-state index >= 15 is 0 Å². The molecule has 0 aromatic heterocycles. The third-order valence-corrected chi connectivity index (χ3v) is 4.43. The highest BCUT2D eigenvalue weighted by atomic mass is 15.3. The molecule has 80 valence electrons. The molecule has 0 amide bonds. The van der Waals surface area contributed by atoms with Crippen molar-refractivity contribution in [1.29, 1.82) is 0 Å². The fraction of sp³-hybridized carbons (Fsp3) is 1.00. The van der Waals surface area contributed by atoms with Crippen molar-refractivity contribution in [1.82, 2.24) is 10.2 Å². The van der Waals surface area contributed by atoms with E-state index in [4.69, 9.17) is 0 Å². The Morgan fingerprint density at radius 1 is 1.14 bits per heavy atom. The first-order valence-electron chi connectivity index (χ1n) is 6.27. The van der Waals surface area contributed by atoms with Gasteiger partial charge < -0.3 is 5.32 Å². The quantitative estimate of drug-likeness (QED) is 0.736. The van der Waals surface area contributed by atoms with E-state index < -0.39 is 0 Å². The largest absolute Gasteiger partial charge is 0.310 e. The summed E-state index contributed by atoms with van der Waals surface area (Å²) in [5.74, 6) is 0. The molecule has 1 aliphatic heterocycles. The van der Waals surface area contributed by atoms with Gasteiger partial charge in [-0.3, -0.25) is 4.90 Å². The summed E-state index contributed by atoms with van der Waals surface area (Å²) in [6.07, 6.45) is 8.55. The van der Waals surface area contributed by atoms with Crippen LogP contribution in [0.5, 0.6) is 0 Å². The number of hydrogen-bond acceptors (Lipinski definition) is 2. The molecular formula is C12H22N2. The number of hydrogen-bond donors (Lipinski definition) is 1. The lowest BCUT2D eigenvalue weighted by molar-refractivity contribution is 0.0522. The highest BCUT2D eigenvalue weighted by Crippen LogP contribution is 2.39. The van der Waals surface area contributed by atoms with Crippen molar-refractivity contribution < 1.29 is 0 Å². The van der Waals surface area contributed by atoms with E-state index in [1.807, 2.05) is 0 Å². The van der Waals surface area contributed by atoms with Crippen molar-refractivity contribution >= 4 is 0 Å². The van der Waals surface area contributed by atoms with Gasteiger partial charge in [-0.2, -0.15) is 0 Å². The predicted molar refractivity (Wildman–Crippen MR) is 58.4 cm³/mol. The molecule has 0 aromatic rings. The first-order valence-corrected chi connectivity index (χ1v) is 6.27. The van der Waals surface area contributed by atoms with Gasteiger partial charge in [0, 0.05) is 30.7 Å². The van der Waals surface area contributed by atoms with Gasteiger partial charge in [-0.1, -0.05) is 0 Å². The Bertz CT molecular complexity index is 218. The van der Waals surface area contributed by atoms with Crippen molar-refractivity contribution in [3.63, 3.8) is 0 Å². The minimum absolute atomic E-state index is 0.583. The average Bonchev–Trinajstić information content (AvgIpc) is 2.78. The normalized spacial score (nSPS) is 37.1. The van der Waals surface area contributed by atoms with E-state index in [1.54, 1.807) is 0 Å². The Morgan fingerprint density at radius 2 is 1.93 bits per heavy atom. The standard InChI is InChI=1S/C12H22N2/c1-12(6-2-7-12)14-8-5-11(9-14)13-10-3-4-10/h10-11,13H,2-9H2,1H3. The average molecular weight is 194 g/mol. The Labute approximate surface area is 87.0 Å². The van der Waals surface area contributed by atoms with Crippen molar-refractivity contribution in [3.05, 3.63) is 0 Å². The molecule has 14 heavy (non-hydrogen) atoms. The molecule has 0 radical (unpaired) electrons. The lowest BCUT2D eigenvalue weighted by atomic mass is 9.77. The number of nitrogens with zero attached hydrogens (tertiary/aromatic N) is 1. The third-order valence-electron chi connectivity index (χ3n) is 4.43. The molecule has 1 unspecified atom stereocenters. The molecule has 2 aliphatic carbocycles. The van der Waals surface area contributed by atoms with Gasteiger partial charge in [0.15, 0.2) is 0 Å². The minimum Gasteiger partial charge on any atom is -0.310 e. The molecular weight excluding hydrogens is 172 g/mol. The highest BCUT2D eigenvalue weighted by Gasteiger charge is 2.41. The van der Waals surface area contributed by atoms with Crippen LogP contribution >= 0.6 is 0 Å². The van der Waals surface area contributed by atoms with Crippen LogP contribution in [0.2, 0.25) is 0 Å². The molecule has 3 fully saturated rings. The number of nitrogens with one attached hydrogen (secondary N) is 1. The molecule has 2 nitrogen and oxygen atoms in total. The van der Waals surface area contributed by atoms with Crippen molar-refractivity contribution in [2.24, 2.45) is 0 Å². The summed E-state index contributed by atoms with van der Waals surface area (Å²) in [5.41, 5.74) is 0.583. The molecule has 0 aromatic carbocycles. The van der Waals surface area contributed by atoms with Crippen LogP contribution in [0.15, 0.2) is 0 Å².